The highest BCUT2D eigenvalue weighted by Crippen LogP contribution is 2.56. The van der Waals surface area contributed by atoms with E-state index in [2.05, 4.69) is 0 Å². The second kappa shape index (κ2) is 6.45. The number of phenols is 3. The van der Waals surface area contributed by atoms with Gasteiger partial charge in [0.1, 0.15) is 28.7 Å². The number of benzene rings is 3. The van der Waals surface area contributed by atoms with E-state index in [1.807, 2.05) is 53.7 Å². The van der Waals surface area contributed by atoms with Crippen LogP contribution in [0, 0.1) is 41.5 Å². The lowest BCUT2D eigenvalue weighted by molar-refractivity contribution is 0.422. The second-order valence-electron chi connectivity index (χ2n) is 8.06. The number of aromatic hydroxyl groups is 3. The van der Waals surface area contributed by atoms with E-state index in [4.69, 9.17) is 4.74 Å². The lowest BCUT2D eigenvalue weighted by Crippen LogP contribution is -2.17. The van der Waals surface area contributed by atoms with Gasteiger partial charge in [0, 0.05) is 17.0 Å². The summed E-state index contributed by atoms with van der Waals surface area (Å²) < 4.78 is 6.48. The Labute approximate surface area is 171 Å². The van der Waals surface area contributed by atoms with Crippen LogP contribution in [0.2, 0.25) is 0 Å². The lowest BCUT2D eigenvalue weighted by Gasteiger charge is -2.35. The van der Waals surface area contributed by atoms with E-state index < -0.39 is 0 Å². The number of ether oxygens (including phenoxy) is 1. The van der Waals surface area contributed by atoms with Crippen molar-refractivity contribution in [2.24, 2.45) is 0 Å². The first kappa shape index (κ1) is 19.2. The third kappa shape index (κ3) is 2.59. The molecule has 0 fully saturated rings. The summed E-state index contributed by atoms with van der Waals surface area (Å²) in [4.78, 5) is 0. The summed E-state index contributed by atoms with van der Waals surface area (Å²) >= 11 is 0. The van der Waals surface area contributed by atoms with E-state index in [-0.39, 0.29) is 23.2 Å². The molecule has 3 aromatic rings. The maximum atomic E-state index is 10.8. The van der Waals surface area contributed by atoms with Crippen molar-refractivity contribution in [3.05, 3.63) is 74.3 Å². The molecule has 29 heavy (non-hydrogen) atoms. The molecule has 0 aliphatic carbocycles. The number of hydrogen-bond donors (Lipinski definition) is 3. The molecule has 3 N–H and O–H groups in total. The van der Waals surface area contributed by atoms with Crippen LogP contribution < -0.4 is 4.74 Å². The fourth-order valence-corrected chi connectivity index (χ4v) is 4.46. The van der Waals surface area contributed by atoms with Crippen LogP contribution in [0.3, 0.4) is 0 Å². The maximum Gasteiger partial charge on any atom is 0.135 e. The molecule has 0 bridgehead atoms. The number of rotatable bonds is 1. The summed E-state index contributed by atoms with van der Waals surface area (Å²) in [5.41, 5.74) is 7.71. The molecular formula is C25H26O4. The smallest absolute Gasteiger partial charge is 0.135 e. The predicted molar refractivity (Wildman–Crippen MR) is 114 cm³/mol. The van der Waals surface area contributed by atoms with Crippen LogP contribution in [0.4, 0.5) is 0 Å². The SMILES string of the molecule is Cc1c(C)c2c(c(C)c1O)C(c1ccc(O)cc1)c1c(C)c(O)c(C)c(C)c1O2. The summed E-state index contributed by atoms with van der Waals surface area (Å²) in [5, 5.41) is 31.4. The molecular weight excluding hydrogens is 364 g/mol. The van der Waals surface area contributed by atoms with Crippen molar-refractivity contribution >= 4 is 0 Å². The molecule has 0 amide bonds. The van der Waals surface area contributed by atoms with Crippen molar-refractivity contribution in [1.29, 1.82) is 0 Å². The molecule has 0 spiro atoms. The number of fused-ring (bicyclic) bond motifs is 2. The van der Waals surface area contributed by atoms with Crippen molar-refractivity contribution in [2.45, 2.75) is 47.5 Å². The van der Waals surface area contributed by atoms with Crippen LogP contribution in [-0.4, -0.2) is 15.3 Å². The fraction of sp³-hybridized carbons (Fsp3) is 0.280. The van der Waals surface area contributed by atoms with E-state index in [1.54, 1.807) is 12.1 Å². The topological polar surface area (TPSA) is 69.9 Å². The Morgan fingerprint density at radius 1 is 0.586 bits per heavy atom. The van der Waals surface area contributed by atoms with Gasteiger partial charge in [0.2, 0.25) is 0 Å². The summed E-state index contributed by atoms with van der Waals surface area (Å²) in [6.45, 7) is 11.5. The Morgan fingerprint density at radius 3 is 1.41 bits per heavy atom. The van der Waals surface area contributed by atoms with E-state index in [0.717, 1.165) is 61.6 Å². The van der Waals surface area contributed by atoms with Crippen molar-refractivity contribution in [2.75, 3.05) is 0 Å². The molecule has 4 rings (SSSR count). The van der Waals surface area contributed by atoms with Gasteiger partial charge in [0.05, 0.1) is 0 Å². The quantitative estimate of drug-likeness (QED) is 0.376. The minimum Gasteiger partial charge on any atom is -0.508 e. The van der Waals surface area contributed by atoms with E-state index in [1.165, 1.54) is 0 Å². The van der Waals surface area contributed by atoms with Crippen molar-refractivity contribution < 1.29 is 20.1 Å². The molecule has 0 aromatic heterocycles. The molecule has 1 aliphatic rings. The molecule has 3 aromatic carbocycles. The van der Waals surface area contributed by atoms with Gasteiger partial charge >= 0.3 is 0 Å². The van der Waals surface area contributed by atoms with Crippen molar-refractivity contribution in [1.82, 2.24) is 0 Å². The first-order valence-corrected chi connectivity index (χ1v) is 9.77. The number of hydrogen-bond acceptors (Lipinski definition) is 4. The first-order chi connectivity index (χ1) is 13.6. The zero-order valence-electron chi connectivity index (χ0n) is 17.6. The third-order valence-corrected chi connectivity index (χ3v) is 6.53. The Kier molecular flexibility index (Phi) is 4.26. The Bertz CT molecular complexity index is 1090. The summed E-state index contributed by atoms with van der Waals surface area (Å²) in [5.74, 6) is 2.02. The summed E-state index contributed by atoms with van der Waals surface area (Å²) in [7, 11) is 0. The summed E-state index contributed by atoms with van der Waals surface area (Å²) in [6, 6.07) is 7.10. The second-order valence-corrected chi connectivity index (χ2v) is 8.06. The zero-order valence-corrected chi connectivity index (χ0v) is 17.6. The van der Waals surface area contributed by atoms with Gasteiger partial charge in [-0.2, -0.15) is 0 Å². The normalized spacial score (nSPS) is 13.0. The maximum absolute atomic E-state index is 10.8. The molecule has 4 nitrogen and oxygen atoms in total. The minimum atomic E-state index is -0.232. The highest BCUT2D eigenvalue weighted by molar-refractivity contribution is 5.71. The molecule has 4 heteroatoms. The Hall–Kier alpha value is -3.14. The van der Waals surface area contributed by atoms with Crippen molar-refractivity contribution in [3.8, 4) is 28.7 Å². The van der Waals surface area contributed by atoms with Crippen LogP contribution in [0.25, 0.3) is 0 Å². The molecule has 0 saturated carbocycles. The first-order valence-electron chi connectivity index (χ1n) is 9.77. The van der Waals surface area contributed by atoms with Gasteiger partial charge in [-0.05, 0) is 92.6 Å². The Morgan fingerprint density at radius 2 is 1.00 bits per heavy atom. The van der Waals surface area contributed by atoms with Crippen LogP contribution in [0.1, 0.15) is 56.0 Å². The van der Waals surface area contributed by atoms with Crippen LogP contribution >= 0.6 is 0 Å². The standard InChI is InChI=1S/C25H26O4/c1-11-13(3)24-19(15(5)22(11)27)21(17-7-9-18(26)10-8-17)20-16(6)23(28)12(2)14(4)25(20)29-24/h7-10,21,26-28H,1-6H3. The zero-order chi connectivity index (χ0) is 21.2. The van der Waals surface area contributed by atoms with E-state index >= 15 is 0 Å². The van der Waals surface area contributed by atoms with Gasteiger partial charge in [-0.1, -0.05) is 12.1 Å². The van der Waals surface area contributed by atoms with Gasteiger partial charge < -0.3 is 20.1 Å². The van der Waals surface area contributed by atoms with Crippen molar-refractivity contribution in [3.63, 3.8) is 0 Å². The van der Waals surface area contributed by atoms with Gasteiger partial charge in [-0.15, -0.1) is 0 Å². The fourth-order valence-electron chi connectivity index (χ4n) is 4.46. The van der Waals surface area contributed by atoms with Crippen LogP contribution in [0.15, 0.2) is 24.3 Å². The number of phenolic OH excluding ortho intramolecular Hbond substituents is 3. The highest BCUT2D eigenvalue weighted by atomic mass is 16.5. The van der Waals surface area contributed by atoms with Gasteiger partial charge in [0.25, 0.3) is 0 Å². The largest absolute Gasteiger partial charge is 0.508 e. The van der Waals surface area contributed by atoms with Crippen LogP contribution in [-0.2, 0) is 0 Å². The molecule has 0 saturated heterocycles. The molecule has 150 valence electrons. The average molecular weight is 390 g/mol. The summed E-state index contributed by atoms with van der Waals surface area (Å²) in [6.07, 6.45) is 0. The lowest BCUT2D eigenvalue weighted by atomic mass is 9.76. The van der Waals surface area contributed by atoms with Gasteiger partial charge in [-0.25, -0.2) is 0 Å². The minimum absolute atomic E-state index is 0.195. The third-order valence-electron chi connectivity index (χ3n) is 6.53. The van der Waals surface area contributed by atoms with Gasteiger partial charge in [0.15, 0.2) is 0 Å². The Balaban J connectivity index is 2.16. The van der Waals surface area contributed by atoms with Crippen LogP contribution in [0.5, 0.6) is 28.7 Å². The molecule has 1 aliphatic heterocycles. The monoisotopic (exact) mass is 390 g/mol. The molecule has 1 heterocycles. The van der Waals surface area contributed by atoms with Gasteiger partial charge in [-0.3, -0.25) is 0 Å². The molecule has 0 unspecified atom stereocenters. The van der Waals surface area contributed by atoms with E-state index in [0.29, 0.717) is 0 Å². The van der Waals surface area contributed by atoms with E-state index in [9.17, 15) is 15.3 Å². The molecule has 0 radical (unpaired) electrons. The highest BCUT2D eigenvalue weighted by Gasteiger charge is 2.37. The average Bonchev–Trinajstić information content (AvgIpc) is 2.72. The predicted octanol–water partition coefficient (Wildman–Crippen LogP) is 5.94. The molecule has 0 atom stereocenters.